The maximum atomic E-state index is 12.9. The Morgan fingerprint density at radius 2 is 0.557 bits per heavy atom. The lowest BCUT2D eigenvalue weighted by molar-refractivity contribution is -0.870. The second kappa shape index (κ2) is 78.4. The lowest BCUT2D eigenvalue weighted by Gasteiger charge is -2.28. The van der Waals surface area contributed by atoms with E-state index in [1.807, 2.05) is 21.1 Å². The third-order valence-electron chi connectivity index (χ3n) is 19.9. The van der Waals surface area contributed by atoms with Gasteiger partial charge in [-0.25, -0.2) is 0 Å². The number of ether oxygens (including phenoxy) is 2. The summed E-state index contributed by atoms with van der Waals surface area (Å²) in [5.74, 6) is -0.804. The molecule has 0 saturated heterocycles. The number of hydrogen-bond acceptors (Lipinski definition) is 8. The first-order valence-electron chi connectivity index (χ1n) is 43.2. The zero-order valence-corrected chi connectivity index (χ0v) is 66.7. The SMILES string of the molecule is CCCCCCC/C=C\C/C=C\C/C=C\CCCCCCCCCCCCCCCCCCCCCCCCC(=O)OC(COC(=O)CCCCCCCCCCCCCCCCCCCCCCCCCCCCCCCCCCCCCC)COP(=O)([O-])OCC[N+](C)(C)C. The van der Waals surface area contributed by atoms with Crippen LogP contribution in [-0.2, 0) is 32.7 Å². The van der Waals surface area contributed by atoms with Crippen LogP contribution in [0.5, 0.6) is 0 Å². The van der Waals surface area contributed by atoms with Crippen LogP contribution in [0.25, 0.3) is 0 Å². The summed E-state index contributed by atoms with van der Waals surface area (Å²) in [6.07, 6.45) is 103. The number of esters is 2. The normalized spacial score (nSPS) is 13.1. The zero-order valence-electron chi connectivity index (χ0n) is 65.8. The van der Waals surface area contributed by atoms with Gasteiger partial charge in [0.1, 0.15) is 19.8 Å². The lowest BCUT2D eigenvalue weighted by atomic mass is 10.0. The summed E-state index contributed by atoms with van der Waals surface area (Å²) in [6, 6.07) is 0. The Bertz CT molecular complexity index is 1730. The van der Waals surface area contributed by atoms with Crippen LogP contribution >= 0.6 is 7.82 Å². The Balaban J connectivity index is 3.86. The minimum absolute atomic E-state index is 0.0268. The van der Waals surface area contributed by atoms with Gasteiger partial charge in [-0.15, -0.1) is 0 Å². The molecule has 0 amide bonds. The molecule has 2 atom stereocenters. The van der Waals surface area contributed by atoms with Crippen molar-refractivity contribution in [2.75, 3.05) is 47.5 Å². The zero-order chi connectivity index (χ0) is 70.4. The molecule has 0 heterocycles. The summed E-state index contributed by atoms with van der Waals surface area (Å²) in [7, 11) is 1.19. The molecule has 0 radical (unpaired) electrons. The molecule has 0 spiro atoms. The van der Waals surface area contributed by atoms with E-state index >= 15 is 0 Å². The number of nitrogens with zero attached hydrogens (tertiary/aromatic N) is 1. The molecule has 0 aliphatic heterocycles. The summed E-state index contributed by atoms with van der Waals surface area (Å²) in [4.78, 5) is 38.2. The number of unbranched alkanes of at least 4 members (excludes halogenated alkanes) is 62. The van der Waals surface area contributed by atoms with Crippen LogP contribution in [0.15, 0.2) is 36.5 Å². The van der Waals surface area contributed by atoms with Crippen molar-refractivity contribution >= 4 is 19.8 Å². The molecular weight excluding hydrogens is 1220 g/mol. The first-order chi connectivity index (χ1) is 47.5. The highest BCUT2D eigenvalue weighted by atomic mass is 31.2. The van der Waals surface area contributed by atoms with E-state index in [1.54, 1.807) is 0 Å². The van der Waals surface area contributed by atoms with E-state index in [9.17, 15) is 19.0 Å². The number of allylic oxidation sites excluding steroid dienone is 6. The maximum absolute atomic E-state index is 12.9. The van der Waals surface area contributed by atoms with Gasteiger partial charge in [-0.3, -0.25) is 14.2 Å². The lowest BCUT2D eigenvalue weighted by Crippen LogP contribution is -2.37. The molecule has 0 aromatic heterocycles. The summed E-state index contributed by atoms with van der Waals surface area (Å²) < 4.78 is 34.5. The van der Waals surface area contributed by atoms with Crippen molar-refractivity contribution < 1.29 is 42.1 Å². The van der Waals surface area contributed by atoms with Gasteiger partial charge in [-0.05, 0) is 51.4 Å². The Morgan fingerprint density at radius 3 is 0.825 bits per heavy atom. The molecule has 0 aromatic carbocycles. The largest absolute Gasteiger partial charge is 0.756 e. The van der Waals surface area contributed by atoms with Gasteiger partial charge in [0.25, 0.3) is 7.82 Å². The molecule has 9 nitrogen and oxygen atoms in total. The number of carbonyl (C=O) groups is 2. The highest BCUT2D eigenvalue weighted by Crippen LogP contribution is 2.38. The van der Waals surface area contributed by atoms with Gasteiger partial charge in [0.05, 0.1) is 27.7 Å². The molecule has 574 valence electrons. The monoisotopic (exact) mass is 1390 g/mol. The van der Waals surface area contributed by atoms with Crippen LogP contribution in [0, 0.1) is 0 Å². The fourth-order valence-electron chi connectivity index (χ4n) is 13.3. The average molecular weight is 1390 g/mol. The number of carbonyl (C=O) groups excluding carboxylic acids is 2. The van der Waals surface area contributed by atoms with Crippen molar-refractivity contribution in [3.05, 3.63) is 36.5 Å². The van der Waals surface area contributed by atoms with E-state index in [2.05, 4.69) is 50.3 Å². The Hall–Kier alpha value is -1.77. The fourth-order valence-corrected chi connectivity index (χ4v) is 14.0. The van der Waals surface area contributed by atoms with Crippen LogP contribution in [0.2, 0.25) is 0 Å². The molecule has 0 bridgehead atoms. The molecule has 0 fully saturated rings. The quantitative estimate of drug-likeness (QED) is 0.0195. The van der Waals surface area contributed by atoms with Crippen LogP contribution in [-0.4, -0.2) is 70.0 Å². The molecule has 0 aliphatic rings. The van der Waals surface area contributed by atoms with Crippen LogP contribution in [0.1, 0.15) is 457 Å². The molecule has 0 saturated carbocycles. The van der Waals surface area contributed by atoms with Crippen molar-refractivity contribution in [3.8, 4) is 0 Å². The van der Waals surface area contributed by atoms with Crippen LogP contribution in [0.4, 0.5) is 0 Å². The molecule has 0 rings (SSSR count). The number of phosphoric ester groups is 1. The Kier molecular flexibility index (Phi) is 76.9. The highest BCUT2D eigenvalue weighted by Gasteiger charge is 2.22. The number of likely N-dealkylation sites (N-methyl/N-ethyl adjacent to an activating group) is 1. The third-order valence-corrected chi connectivity index (χ3v) is 20.9. The van der Waals surface area contributed by atoms with E-state index in [1.165, 1.54) is 379 Å². The fraction of sp³-hybridized carbons (Fsp3) is 0.908. The maximum Gasteiger partial charge on any atom is 0.306 e. The molecule has 0 aliphatic carbocycles. The smallest absolute Gasteiger partial charge is 0.306 e. The van der Waals surface area contributed by atoms with Crippen molar-refractivity contribution in [2.45, 2.75) is 463 Å². The molecule has 0 aromatic rings. The van der Waals surface area contributed by atoms with Gasteiger partial charge < -0.3 is 27.9 Å². The van der Waals surface area contributed by atoms with E-state index in [-0.39, 0.29) is 32.0 Å². The van der Waals surface area contributed by atoms with E-state index in [0.29, 0.717) is 17.4 Å². The van der Waals surface area contributed by atoms with Gasteiger partial charge in [-0.1, -0.05) is 429 Å². The van der Waals surface area contributed by atoms with Gasteiger partial charge >= 0.3 is 11.9 Å². The number of phosphoric acid groups is 1. The predicted octanol–water partition coefficient (Wildman–Crippen LogP) is 28.3. The Morgan fingerprint density at radius 1 is 0.320 bits per heavy atom. The number of hydrogen-bond donors (Lipinski definition) is 0. The molecule has 97 heavy (non-hydrogen) atoms. The van der Waals surface area contributed by atoms with Gasteiger partial charge in [0.15, 0.2) is 6.10 Å². The summed E-state index contributed by atoms with van der Waals surface area (Å²) in [5, 5.41) is 0. The minimum Gasteiger partial charge on any atom is -0.756 e. The Labute approximate surface area is 605 Å². The third kappa shape index (κ3) is 83.1. The topological polar surface area (TPSA) is 111 Å². The standard InChI is InChI=1S/C87H168NO8P/c1-6-8-10-12-14-16-18-20-22-24-26-28-30-32-34-36-38-40-42-44-46-48-50-52-54-56-58-60-62-64-66-68-70-72-74-76-78-80-87(90)96-85(84-95-97(91,92)94-82-81-88(3,4)5)83-93-86(89)79-77-75-73-71-69-67-65-63-61-59-57-55-53-51-49-47-45-43-41-39-37-35-33-31-29-27-25-23-21-19-17-15-13-11-9-7-2/h18,20,24,26,30,32,85H,6-17,19,21-23,25,27-29,31,33-84H2,1-5H3/b20-18-,26-24-,32-30-. The average Bonchev–Trinajstić information content (AvgIpc) is 1.41. The summed E-state index contributed by atoms with van der Waals surface area (Å²) >= 11 is 0. The van der Waals surface area contributed by atoms with E-state index < -0.39 is 26.5 Å². The second-order valence-electron chi connectivity index (χ2n) is 30.9. The van der Waals surface area contributed by atoms with Crippen molar-refractivity contribution in [1.82, 2.24) is 0 Å². The summed E-state index contributed by atoms with van der Waals surface area (Å²) in [5.41, 5.74) is 0. The van der Waals surface area contributed by atoms with E-state index in [4.69, 9.17) is 18.5 Å². The van der Waals surface area contributed by atoms with Crippen molar-refractivity contribution in [1.29, 1.82) is 0 Å². The minimum atomic E-state index is -4.64. The highest BCUT2D eigenvalue weighted by molar-refractivity contribution is 7.45. The summed E-state index contributed by atoms with van der Waals surface area (Å²) in [6.45, 7) is 4.32. The predicted molar refractivity (Wildman–Crippen MR) is 421 cm³/mol. The van der Waals surface area contributed by atoms with Gasteiger partial charge in [0.2, 0.25) is 0 Å². The molecule has 2 unspecified atom stereocenters. The van der Waals surface area contributed by atoms with Crippen LogP contribution in [0.3, 0.4) is 0 Å². The first kappa shape index (κ1) is 95.2. The van der Waals surface area contributed by atoms with Crippen LogP contribution < -0.4 is 4.89 Å². The van der Waals surface area contributed by atoms with E-state index in [0.717, 1.165) is 44.9 Å². The molecule has 0 N–H and O–H groups in total. The molecular formula is C87H168NO8P. The molecule has 10 heteroatoms. The first-order valence-corrected chi connectivity index (χ1v) is 44.7. The number of rotatable bonds is 82. The van der Waals surface area contributed by atoms with Gasteiger partial charge in [0, 0.05) is 12.8 Å². The second-order valence-corrected chi connectivity index (χ2v) is 32.3. The number of quaternary nitrogens is 1. The van der Waals surface area contributed by atoms with Gasteiger partial charge in [-0.2, -0.15) is 0 Å². The van der Waals surface area contributed by atoms with Crippen molar-refractivity contribution in [3.63, 3.8) is 0 Å². The van der Waals surface area contributed by atoms with Crippen molar-refractivity contribution in [2.24, 2.45) is 0 Å².